The fraction of sp³-hybridized carbons (Fsp3) is 0.357. The molecule has 2 aromatic carbocycles. The van der Waals surface area contributed by atoms with Crippen molar-refractivity contribution in [1.82, 2.24) is 14.5 Å². The van der Waals surface area contributed by atoms with E-state index in [1.165, 1.54) is 0 Å². The van der Waals surface area contributed by atoms with Gasteiger partial charge in [-0.25, -0.2) is 4.98 Å². The summed E-state index contributed by atoms with van der Waals surface area (Å²) in [5.41, 5.74) is 2.50. The summed E-state index contributed by atoms with van der Waals surface area (Å²) in [6.07, 6.45) is 2.64. The molecule has 1 aromatic heterocycles. The van der Waals surface area contributed by atoms with Gasteiger partial charge in [-0.15, -0.1) is 0 Å². The topological polar surface area (TPSA) is 104 Å². The standard InChI is InChI=1S/C28H28N4O4/c1-20(34)27-30-12-13-32(27)24(16-33)9-4-21-2-5-22(6-3-21)23-7-10-25(11-8-23)36-26-14-31(15-26)28(17-29)18-35-19-28/h2-3,5-8,10-13,20,24,26,33-34H,14-16,18-19H2,1H3/t20-,24?/m0/s1. The fourth-order valence-electron chi connectivity index (χ4n) is 4.42. The van der Waals surface area contributed by atoms with Gasteiger partial charge in [0.05, 0.1) is 25.9 Å². The summed E-state index contributed by atoms with van der Waals surface area (Å²) in [5, 5.41) is 29.0. The maximum atomic E-state index is 9.86. The Bertz CT molecular complexity index is 1290. The smallest absolute Gasteiger partial charge is 0.156 e. The Hall–Kier alpha value is -3.66. The van der Waals surface area contributed by atoms with Gasteiger partial charge in [-0.2, -0.15) is 5.26 Å². The number of hydrogen-bond acceptors (Lipinski definition) is 7. The highest BCUT2D eigenvalue weighted by molar-refractivity contribution is 5.65. The predicted molar refractivity (Wildman–Crippen MR) is 133 cm³/mol. The average Bonchev–Trinajstić information content (AvgIpc) is 3.33. The molecule has 0 amide bonds. The maximum absolute atomic E-state index is 9.86. The molecule has 8 nitrogen and oxygen atoms in total. The van der Waals surface area contributed by atoms with E-state index in [0.717, 1.165) is 35.5 Å². The Morgan fingerprint density at radius 1 is 1.14 bits per heavy atom. The summed E-state index contributed by atoms with van der Waals surface area (Å²) in [5.74, 6) is 7.46. The summed E-state index contributed by atoms with van der Waals surface area (Å²) < 4.78 is 13.0. The van der Waals surface area contributed by atoms with E-state index in [1.807, 2.05) is 48.5 Å². The highest BCUT2D eigenvalue weighted by atomic mass is 16.5. The van der Waals surface area contributed by atoms with Crippen molar-refractivity contribution in [3.8, 4) is 34.8 Å². The van der Waals surface area contributed by atoms with Crippen LogP contribution >= 0.6 is 0 Å². The van der Waals surface area contributed by atoms with Gasteiger partial charge in [0, 0.05) is 31.0 Å². The molecule has 0 saturated carbocycles. The fourth-order valence-corrected chi connectivity index (χ4v) is 4.42. The van der Waals surface area contributed by atoms with Crippen LogP contribution in [0.1, 0.15) is 30.5 Å². The van der Waals surface area contributed by atoms with Gasteiger partial charge in [0.15, 0.2) is 5.54 Å². The number of aliphatic hydroxyl groups is 2. The zero-order valence-corrected chi connectivity index (χ0v) is 20.0. The molecule has 2 saturated heterocycles. The van der Waals surface area contributed by atoms with E-state index in [0.29, 0.717) is 19.0 Å². The molecule has 2 aliphatic heterocycles. The number of nitriles is 1. The van der Waals surface area contributed by atoms with E-state index in [2.05, 4.69) is 27.8 Å². The maximum Gasteiger partial charge on any atom is 0.156 e. The van der Waals surface area contributed by atoms with Crippen molar-refractivity contribution < 1.29 is 19.7 Å². The third-order valence-electron chi connectivity index (χ3n) is 6.68. The number of imidazole rings is 1. The van der Waals surface area contributed by atoms with Crippen molar-refractivity contribution in [3.63, 3.8) is 0 Å². The minimum absolute atomic E-state index is 0.0845. The van der Waals surface area contributed by atoms with E-state index in [-0.39, 0.29) is 12.7 Å². The van der Waals surface area contributed by atoms with Gasteiger partial charge in [-0.3, -0.25) is 4.90 Å². The summed E-state index contributed by atoms with van der Waals surface area (Å²) in [4.78, 5) is 6.27. The van der Waals surface area contributed by atoms with Crippen molar-refractivity contribution in [2.75, 3.05) is 32.9 Å². The Labute approximate surface area is 210 Å². The number of aliphatic hydroxyl groups excluding tert-OH is 2. The predicted octanol–water partition coefficient (Wildman–Crippen LogP) is 2.54. The SMILES string of the molecule is C[C@H](O)c1nccn1C(C#Cc1ccc(-c2ccc(OC3CN(C4(C#N)COC4)C3)cc2)cc1)CO. The van der Waals surface area contributed by atoms with E-state index in [9.17, 15) is 15.5 Å². The van der Waals surface area contributed by atoms with Crippen LogP contribution in [0.2, 0.25) is 0 Å². The van der Waals surface area contributed by atoms with Crippen molar-refractivity contribution in [1.29, 1.82) is 5.26 Å². The third-order valence-corrected chi connectivity index (χ3v) is 6.68. The molecule has 184 valence electrons. The molecule has 36 heavy (non-hydrogen) atoms. The Balaban J connectivity index is 1.19. The number of benzene rings is 2. The van der Waals surface area contributed by atoms with E-state index >= 15 is 0 Å². The van der Waals surface area contributed by atoms with E-state index in [1.54, 1.807) is 23.9 Å². The largest absolute Gasteiger partial charge is 0.488 e. The summed E-state index contributed by atoms with van der Waals surface area (Å²) in [6, 6.07) is 17.8. The highest BCUT2D eigenvalue weighted by Gasteiger charge is 2.50. The highest BCUT2D eigenvalue weighted by Crippen LogP contribution is 2.31. The molecular formula is C28H28N4O4. The molecule has 3 aromatic rings. The number of rotatable bonds is 7. The van der Waals surface area contributed by atoms with Gasteiger partial charge in [0.1, 0.15) is 29.8 Å². The lowest BCUT2D eigenvalue weighted by Crippen LogP contribution is -2.70. The molecule has 8 heteroatoms. The second-order valence-electron chi connectivity index (χ2n) is 9.22. The molecule has 5 rings (SSSR count). The lowest BCUT2D eigenvalue weighted by molar-refractivity contribution is -0.153. The van der Waals surface area contributed by atoms with Crippen molar-refractivity contribution >= 4 is 0 Å². The molecule has 2 atom stereocenters. The van der Waals surface area contributed by atoms with Crippen LogP contribution in [0, 0.1) is 23.2 Å². The van der Waals surface area contributed by atoms with Crippen LogP contribution in [0.25, 0.3) is 11.1 Å². The number of nitrogens with zero attached hydrogens (tertiary/aromatic N) is 4. The molecule has 0 spiro atoms. The Morgan fingerprint density at radius 2 is 1.81 bits per heavy atom. The average molecular weight is 485 g/mol. The van der Waals surface area contributed by atoms with Crippen LogP contribution in [-0.4, -0.2) is 69.2 Å². The summed E-state index contributed by atoms with van der Waals surface area (Å²) in [6.45, 7) is 3.88. The lowest BCUT2D eigenvalue weighted by Gasteiger charge is -2.51. The minimum atomic E-state index is -0.742. The molecule has 3 heterocycles. The van der Waals surface area contributed by atoms with Gasteiger partial charge in [-0.05, 0) is 42.3 Å². The van der Waals surface area contributed by atoms with Crippen molar-refractivity contribution in [2.45, 2.75) is 30.7 Å². The molecule has 1 unspecified atom stereocenters. The first kappa shape index (κ1) is 24.1. The second-order valence-corrected chi connectivity index (χ2v) is 9.22. The van der Waals surface area contributed by atoms with Crippen LogP contribution in [-0.2, 0) is 4.74 Å². The van der Waals surface area contributed by atoms with Gasteiger partial charge >= 0.3 is 0 Å². The molecule has 0 bridgehead atoms. The van der Waals surface area contributed by atoms with Gasteiger partial charge < -0.3 is 24.3 Å². The molecule has 0 aliphatic carbocycles. The second kappa shape index (κ2) is 10.1. The van der Waals surface area contributed by atoms with Gasteiger partial charge in [0.2, 0.25) is 0 Å². The molecule has 2 N–H and O–H groups in total. The zero-order chi connectivity index (χ0) is 25.1. The van der Waals surface area contributed by atoms with Gasteiger partial charge in [0.25, 0.3) is 0 Å². The number of likely N-dealkylation sites (tertiary alicyclic amines) is 1. The first-order valence-corrected chi connectivity index (χ1v) is 12.0. The molecular weight excluding hydrogens is 456 g/mol. The molecule has 2 aliphatic rings. The molecule has 2 fully saturated rings. The van der Waals surface area contributed by atoms with Crippen molar-refractivity contribution in [2.24, 2.45) is 0 Å². The lowest BCUT2D eigenvalue weighted by atomic mass is 9.92. The number of ether oxygens (including phenoxy) is 2. The normalized spacial score (nSPS) is 18.6. The summed E-state index contributed by atoms with van der Waals surface area (Å²) >= 11 is 0. The van der Waals surface area contributed by atoms with Crippen LogP contribution in [0.15, 0.2) is 60.9 Å². The quantitative estimate of drug-likeness (QED) is 0.497. The number of aromatic nitrogens is 2. The van der Waals surface area contributed by atoms with Crippen LogP contribution < -0.4 is 4.74 Å². The van der Waals surface area contributed by atoms with E-state index < -0.39 is 17.7 Å². The minimum Gasteiger partial charge on any atom is -0.488 e. The van der Waals surface area contributed by atoms with E-state index in [4.69, 9.17) is 9.47 Å². The van der Waals surface area contributed by atoms with Crippen LogP contribution in [0.3, 0.4) is 0 Å². The van der Waals surface area contributed by atoms with Crippen LogP contribution in [0.4, 0.5) is 0 Å². The monoisotopic (exact) mass is 484 g/mol. The first-order valence-electron chi connectivity index (χ1n) is 12.0. The Morgan fingerprint density at radius 3 is 2.36 bits per heavy atom. The third kappa shape index (κ3) is 4.73. The molecule has 0 radical (unpaired) electrons. The van der Waals surface area contributed by atoms with Crippen LogP contribution in [0.5, 0.6) is 5.75 Å². The van der Waals surface area contributed by atoms with Gasteiger partial charge in [-0.1, -0.05) is 36.1 Å². The Kier molecular flexibility index (Phi) is 6.77. The number of hydrogen-bond donors (Lipinski definition) is 2. The summed E-state index contributed by atoms with van der Waals surface area (Å²) in [7, 11) is 0. The van der Waals surface area contributed by atoms with Crippen molar-refractivity contribution in [3.05, 3.63) is 72.3 Å². The zero-order valence-electron chi connectivity index (χ0n) is 20.0. The first-order chi connectivity index (χ1) is 17.5.